The minimum absolute atomic E-state index is 0.251. The zero-order valence-corrected chi connectivity index (χ0v) is 20.2. The highest BCUT2D eigenvalue weighted by atomic mass is 32.2. The van der Waals surface area contributed by atoms with Crippen molar-refractivity contribution in [3.05, 3.63) is 47.3 Å². The maximum absolute atomic E-state index is 14.5. The molecule has 1 aromatic carbocycles. The average molecular weight is 481 g/mol. The maximum atomic E-state index is 14.5. The van der Waals surface area contributed by atoms with Gasteiger partial charge in [-0.25, -0.2) is 9.18 Å². The van der Waals surface area contributed by atoms with Crippen LogP contribution < -0.4 is 11.1 Å². The molecule has 1 aromatic rings. The van der Waals surface area contributed by atoms with Crippen molar-refractivity contribution in [1.82, 2.24) is 18.8 Å². The highest BCUT2D eigenvalue weighted by molar-refractivity contribution is 7.86. The number of halogens is 1. The number of piperazine rings is 1. The number of hydrogen-bond donors (Lipinski definition) is 2. The molecule has 33 heavy (non-hydrogen) atoms. The summed E-state index contributed by atoms with van der Waals surface area (Å²) in [7, 11) is -0.308. The van der Waals surface area contributed by atoms with Crippen LogP contribution in [0.2, 0.25) is 0 Å². The lowest BCUT2D eigenvalue weighted by Gasteiger charge is -2.35. The third-order valence-electron chi connectivity index (χ3n) is 6.06. The topological polar surface area (TPSA) is 111 Å². The average Bonchev–Trinajstić information content (AvgIpc) is 2.75. The van der Waals surface area contributed by atoms with Crippen LogP contribution >= 0.6 is 0 Å². The van der Waals surface area contributed by atoms with E-state index in [-0.39, 0.29) is 12.4 Å². The van der Waals surface area contributed by atoms with Crippen LogP contribution in [-0.4, -0.2) is 87.0 Å². The molecule has 0 aliphatic carbocycles. The van der Waals surface area contributed by atoms with Gasteiger partial charge in [-0.05, 0) is 55.6 Å². The number of hydrogen-bond acceptors (Lipinski definition) is 5. The van der Waals surface area contributed by atoms with E-state index < -0.39 is 21.8 Å². The molecule has 0 radical (unpaired) electrons. The van der Waals surface area contributed by atoms with Crippen LogP contribution in [0.4, 0.5) is 9.18 Å². The molecule has 2 amide bonds. The summed E-state index contributed by atoms with van der Waals surface area (Å²) in [4.78, 5) is 18.3. The first-order chi connectivity index (χ1) is 15.5. The number of carbonyl (C=O) groups excluding carboxylic acids is 1. The second-order valence-electron chi connectivity index (χ2n) is 8.73. The lowest BCUT2D eigenvalue weighted by Crippen LogP contribution is -2.51. The number of aliphatic imine (C=N–C) groups is 1. The number of allylic oxidation sites excluding steroid dienone is 1. The van der Waals surface area contributed by atoms with Gasteiger partial charge in [0, 0.05) is 46.0 Å². The fourth-order valence-electron chi connectivity index (χ4n) is 4.15. The maximum Gasteiger partial charge on any atom is 0.313 e. The number of rotatable bonds is 8. The predicted molar refractivity (Wildman–Crippen MR) is 127 cm³/mol. The second kappa shape index (κ2) is 10.3. The van der Waals surface area contributed by atoms with E-state index in [9.17, 15) is 17.6 Å². The Kier molecular flexibility index (Phi) is 7.88. The summed E-state index contributed by atoms with van der Waals surface area (Å²) >= 11 is 0. The lowest BCUT2D eigenvalue weighted by atomic mass is 9.86. The van der Waals surface area contributed by atoms with E-state index in [4.69, 9.17) is 5.73 Å². The van der Waals surface area contributed by atoms with E-state index in [0.717, 1.165) is 24.2 Å². The number of nitrogens with zero attached hydrogens (tertiary/aromatic N) is 4. The molecule has 0 bridgehead atoms. The van der Waals surface area contributed by atoms with Gasteiger partial charge in [0.2, 0.25) is 0 Å². The number of benzene rings is 1. The SMILES string of the molecule is CC1=NCC(NC(N)=O)(c2cc(F)cc(CCCN3CCN(S(=O)(=O)N(C)C)CC3)c2)C=C1. The van der Waals surface area contributed by atoms with Gasteiger partial charge in [0.05, 0.1) is 6.54 Å². The molecular formula is C22H33FN6O3S. The Morgan fingerprint density at radius 2 is 1.94 bits per heavy atom. The molecule has 182 valence electrons. The Morgan fingerprint density at radius 3 is 2.52 bits per heavy atom. The van der Waals surface area contributed by atoms with Crippen molar-refractivity contribution in [2.45, 2.75) is 25.3 Å². The van der Waals surface area contributed by atoms with Gasteiger partial charge in [-0.1, -0.05) is 12.1 Å². The zero-order valence-electron chi connectivity index (χ0n) is 19.4. The van der Waals surface area contributed by atoms with E-state index in [1.807, 2.05) is 13.0 Å². The molecule has 0 spiro atoms. The normalized spacial score (nSPS) is 22.4. The summed E-state index contributed by atoms with van der Waals surface area (Å²) in [6.07, 6.45) is 5.05. The lowest BCUT2D eigenvalue weighted by molar-refractivity contribution is 0.182. The number of dihydropyridines is 1. The standard InChI is InChI=1S/C22H33FN6O3S/c1-17-6-7-22(16-25-17,26-21(24)30)19-13-18(14-20(23)15-19)5-4-8-28-9-11-29(12-10-28)33(31,32)27(2)3/h6-7,13-15H,4-5,8-12,16H2,1-3H3,(H3,24,26,30). The van der Waals surface area contributed by atoms with Crippen molar-refractivity contribution in [3.8, 4) is 0 Å². The second-order valence-corrected chi connectivity index (χ2v) is 10.9. The molecule has 2 aliphatic rings. The summed E-state index contributed by atoms with van der Waals surface area (Å²) < 4.78 is 41.7. The fourth-order valence-corrected chi connectivity index (χ4v) is 5.24. The summed E-state index contributed by atoms with van der Waals surface area (Å²) in [5.74, 6) is -0.379. The van der Waals surface area contributed by atoms with Crippen LogP contribution in [0.3, 0.4) is 0 Å². The fraction of sp³-hybridized carbons (Fsp3) is 0.545. The monoisotopic (exact) mass is 480 g/mol. The third kappa shape index (κ3) is 6.17. The first-order valence-corrected chi connectivity index (χ1v) is 12.4. The number of carbonyl (C=O) groups is 1. The molecule has 2 heterocycles. The molecule has 0 saturated carbocycles. The molecule has 11 heteroatoms. The van der Waals surface area contributed by atoms with E-state index >= 15 is 0 Å². The zero-order chi connectivity index (χ0) is 24.2. The number of urea groups is 1. The van der Waals surface area contributed by atoms with Gasteiger partial charge in [0.15, 0.2) is 0 Å². The highest BCUT2D eigenvalue weighted by Gasteiger charge is 2.33. The van der Waals surface area contributed by atoms with Crippen molar-refractivity contribution in [1.29, 1.82) is 0 Å². The molecule has 1 fully saturated rings. The smallest absolute Gasteiger partial charge is 0.313 e. The molecule has 1 atom stereocenters. The number of aryl methyl sites for hydroxylation is 1. The van der Waals surface area contributed by atoms with E-state index in [1.165, 1.54) is 34.8 Å². The van der Waals surface area contributed by atoms with E-state index in [0.29, 0.717) is 38.2 Å². The predicted octanol–water partition coefficient (Wildman–Crippen LogP) is 1.08. The van der Waals surface area contributed by atoms with Gasteiger partial charge >= 0.3 is 6.03 Å². The minimum Gasteiger partial charge on any atom is -0.352 e. The van der Waals surface area contributed by atoms with Gasteiger partial charge in [-0.2, -0.15) is 17.0 Å². The van der Waals surface area contributed by atoms with Crippen LogP contribution in [0, 0.1) is 5.82 Å². The van der Waals surface area contributed by atoms with Crippen molar-refractivity contribution in [2.24, 2.45) is 10.7 Å². The molecule has 3 rings (SSSR count). The van der Waals surface area contributed by atoms with Crippen molar-refractivity contribution in [3.63, 3.8) is 0 Å². The quantitative estimate of drug-likeness (QED) is 0.580. The van der Waals surface area contributed by atoms with Crippen LogP contribution in [0.1, 0.15) is 24.5 Å². The van der Waals surface area contributed by atoms with Gasteiger partial charge < -0.3 is 16.0 Å². The van der Waals surface area contributed by atoms with Crippen LogP contribution in [0.25, 0.3) is 0 Å². The Bertz CT molecular complexity index is 1030. The third-order valence-corrected chi connectivity index (χ3v) is 8.01. The number of amides is 2. The largest absolute Gasteiger partial charge is 0.352 e. The Hall–Kier alpha value is -2.34. The number of primary amides is 1. The number of nitrogens with two attached hydrogens (primary N) is 1. The summed E-state index contributed by atoms with van der Waals surface area (Å²) in [6.45, 7) is 5.13. The van der Waals surface area contributed by atoms with Gasteiger partial charge in [-0.3, -0.25) is 4.99 Å². The first-order valence-electron chi connectivity index (χ1n) is 11.0. The Morgan fingerprint density at radius 1 is 1.24 bits per heavy atom. The molecule has 2 aliphatic heterocycles. The summed E-state index contributed by atoms with van der Waals surface area (Å²) in [5.41, 5.74) is 6.67. The van der Waals surface area contributed by atoms with Crippen molar-refractivity contribution in [2.75, 3.05) is 53.4 Å². The summed E-state index contributed by atoms with van der Waals surface area (Å²) in [5, 5.41) is 2.73. The van der Waals surface area contributed by atoms with Gasteiger partial charge in [0.1, 0.15) is 11.4 Å². The molecule has 0 aromatic heterocycles. The Labute approximate surface area is 195 Å². The van der Waals surface area contributed by atoms with E-state index in [1.54, 1.807) is 12.2 Å². The first kappa shape index (κ1) is 25.3. The number of nitrogens with one attached hydrogen (secondary N) is 1. The summed E-state index contributed by atoms with van der Waals surface area (Å²) in [6, 6.07) is 4.10. The van der Waals surface area contributed by atoms with Crippen molar-refractivity contribution < 1.29 is 17.6 Å². The van der Waals surface area contributed by atoms with E-state index in [2.05, 4.69) is 15.2 Å². The van der Waals surface area contributed by atoms with Crippen LogP contribution in [0.15, 0.2) is 35.3 Å². The molecule has 1 saturated heterocycles. The highest BCUT2D eigenvalue weighted by Crippen LogP contribution is 2.28. The molecular weight excluding hydrogens is 447 g/mol. The molecule has 1 unspecified atom stereocenters. The van der Waals surface area contributed by atoms with Crippen molar-refractivity contribution >= 4 is 22.0 Å². The van der Waals surface area contributed by atoms with Crippen LogP contribution in [0.5, 0.6) is 0 Å². The molecule has 3 N–H and O–H groups in total. The van der Waals surface area contributed by atoms with Gasteiger partial charge in [-0.15, -0.1) is 0 Å². The minimum atomic E-state index is -3.38. The Balaban J connectivity index is 1.62. The van der Waals surface area contributed by atoms with Crippen LogP contribution in [-0.2, 0) is 22.2 Å². The van der Waals surface area contributed by atoms with Gasteiger partial charge in [0.25, 0.3) is 10.2 Å². The molecule has 9 nitrogen and oxygen atoms in total.